The van der Waals surface area contributed by atoms with E-state index in [1.807, 2.05) is 0 Å². The monoisotopic (exact) mass is 1120 g/mol. The van der Waals surface area contributed by atoms with Crippen LogP contribution in [0.25, 0.3) is 0 Å². The number of ether oxygens (including phenoxy) is 3. The molecule has 0 N–H and O–H groups in total. The van der Waals surface area contributed by atoms with Crippen LogP contribution in [0.5, 0.6) is 0 Å². The lowest BCUT2D eigenvalue weighted by Gasteiger charge is -2.18. The first-order valence-electron chi connectivity index (χ1n) is 35.3. The second kappa shape index (κ2) is 68.6. The van der Waals surface area contributed by atoms with Crippen LogP contribution >= 0.6 is 0 Å². The van der Waals surface area contributed by atoms with Gasteiger partial charge in [0, 0.05) is 19.3 Å². The summed E-state index contributed by atoms with van der Waals surface area (Å²) in [6.45, 7) is 6.56. The van der Waals surface area contributed by atoms with E-state index < -0.39 is 6.10 Å². The number of hydrogen-bond acceptors (Lipinski definition) is 6. The number of hydrogen-bond donors (Lipinski definition) is 0. The molecule has 0 fully saturated rings. The van der Waals surface area contributed by atoms with Gasteiger partial charge in [0.2, 0.25) is 0 Å². The fourth-order valence-corrected chi connectivity index (χ4v) is 10.5. The molecule has 6 nitrogen and oxygen atoms in total. The standard InChI is InChI=1S/C74H134O6/c1-4-7-10-13-16-19-22-25-27-29-31-32-33-34-35-36-37-38-39-40-41-42-44-45-47-49-52-55-58-61-64-67-73(76)79-70-71(69-78-72(75)66-63-60-57-54-51-24-21-18-15-12-9-6-3)80-74(77)68-65-62-59-56-53-50-48-46-43-30-28-26-23-20-17-14-11-8-5-2/h7,10,16,18-19,21,25,27,31-32,71H,4-6,8-9,11-15,17,20,22-24,26,28-30,33-70H2,1-3H3/b10-7-,19-16-,21-18-,27-25-,32-31-. The summed E-state index contributed by atoms with van der Waals surface area (Å²) in [5, 5.41) is 0. The zero-order valence-electron chi connectivity index (χ0n) is 53.6. The number of unbranched alkanes of at least 4 members (excludes halogenated alkanes) is 44. The molecular formula is C74H134O6. The van der Waals surface area contributed by atoms with Gasteiger partial charge in [-0.3, -0.25) is 14.4 Å². The molecule has 0 heterocycles. The number of carbonyl (C=O) groups is 3. The van der Waals surface area contributed by atoms with Crippen molar-refractivity contribution in [1.82, 2.24) is 0 Å². The second-order valence-electron chi connectivity index (χ2n) is 23.8. The molecule has 0 aliphatic rings. The first kappa shape index (κ1) is 77.1. The Hall–Kier alpha value is -2.89. The van der Waals surface area contributed by atoms with Crippen molar-refractivity contribution in [1.29, 1.82) is 0 Å². The van der Waals surface area contributed by atoms with Gasteiger partial charge in [-0.05, 0) is 83.5 Å². The first-order valence-corrected chi connectivity index (χ1v) is 35.3. The van der Waals surface area contributed by atoms with E-state index in [9.17, 15) is 14.4 Å². The van der Waals surface area contributed by atoms with Crippen molar-refractivity contribution in [2.24, 2.45) is 0 Å². The molecular weight excluding hydrogens is 985 g/mol. The molecule has 0 aromatic heterocycles. The van der Waals surface area contributed by atoms with Crippen LogP contribution in [0.15, 0.2) is 60.8 Å². The van der Waals surface area contributed by atoms with E-state index in [0.29, 0.717) is 19.3 Å². The zero-order chi connectivity index (χ0) is 57.8. The summed E-state index contributed by atoms with van der Waals surface area (Å²) in [6, 6.07) is 0. The average Bonchev–Trinajstić information content (AvgIpc) is 3.46. The molecule has 0 aromatic rings. The van der Waals surface area contributed by atoms with Gasteiger partial charge < -0.3 is 14.2 Å². The number of allylic oxidation sites excluding steroid dienone is 10. The molecule has 1 atom stereocenters. The molecule has 0 spiro atoms. The van der Waals surface area contributed by atoms with Crippen molar-refractivity contribution in [3.05, 3.63) is 60.8 Å². The summed E-state index contributed by atoms with van der Waals surface area (Å²) in [4.78, 5) is 38.4. The van der Waals surface area contributed by atoms with Gasteiger partial charge in [0.1, 0.15) is 13.2 Å². The van der Waals surface area contributed by atoms with Crippen LogP contribution in [0.1, 0.15) is 374 Å². The Morgan fingerprint density at radius 2 is 0.487 bits per heavy atom. The lowest BCUT2D eigenvalue weighted by Crippen LogP contribution is -2.30. The molecule has 0 aromatic carbocycles. The Morgan fingerprint density at radius 3 is 0.800 bits per heavy atom. The normalized spacial score (nSPS) is 12.4. The van der Waals surface area contributed by atoms with Gasteiger partial charge in [0.25, 0.3) is 0 Å². The third kappa shape index (κ3) is 65.9. The summed E-state index contributed by atoms with van der Waals surface area (Å²) in [5.41, 5.74) is 0. The fourth-order valence-electron chi connectivity index (χ4n) is 10.5. The second-order valence-corrected chi connectivity index (χ2v) is 23.8. The van der Waals surface area contributed by atoms with Crippen molar-refractivity contribution < 1.29 is 28.6 Å². The van der Waals surface area contributed by atoms with Crippen LogP contribution in [0, 0.1) is 0 Å². The minimum Gasteiger partial charge on any atom is -0.462 e. The molecule has 80 heavy (non-hydrogen) atoms. The van der Waals surface area contributed by atoms with Crippen LogP contribution in [-0.2, 0) is 28.6 Å². The minimum atomic E-state index is -0.774. The molecule has 466 valence electrons. The Balaban J connectivity index is 4.15. The zero-order valence-corrected chi connectivity index (χ0v) is 53.6. The molecule has 0 aliphatic heterocycles. The maximum absolute atomic E-state index is 12.9. The molecule has 0 saturated carbocycles. The lowest BCUT2D eigenvalue weighted by molar-refractivity contribution is -0.167. The quantitative estimate of drug-likeness (QED) is 0.0261. The summed E-state index contributed by atoms with van der Waals surface area (Å²) >= 11 is 0. The van der Waals surface area contributed by atoms with Crippen molar-refractivity contribution in [3.8, 4) is 0 Å². The van der Waals surface area contributed by atoms with Crippen molar-refractivity contribution in [2.75, 3.05) is 13.2 Å². The Morgan fingerprint density at radius 1 is 0.263 bits per heavy atom. The van der Waals surface area contributed by atoms with Gasteiger partial charge >= 0.3 is 17.9 Å². The average molecular weight is 1120 g/mol. The van der Waals surface area contributed by atoms with Crippen molar-refractivity contribution in [2.45, 2.75) is 380 Å². The highest BCUT2D eigenvalue weighted by Gasteiger charge is 2.19. The van der Waals surface area contributed by atoms with E-state index in [4.69, 9.17) is 14.2 Å². The summed E-state index contributed by atoms with van der Waals surface area (Å²) in [6.07, 6.45) is 88.3. The molecule has 1 unspecified atom stereocenters. The third-order valence-corrected chi connectivity index (χ3v) is 15.8. The van der Waals surface area contributed by atoms with Gasteiger partial charge in [-0.2, -0.15) is 0 Å². The van der Waals surface area contributed by atoms with E-state index in [0.717, 1.165) is 89.9 Å². The topological polar surface area (TPSA) is 78.9 Å². The number of esters is 3. The maximum atomic E-state index is 12.9. The summed E-state index contributed by atoms with van der Waals surface area (Å²) < 4.78 is 17.0. The molecule has 0 amide bonds. The minimum absolute atomic E-state index is 0.0707. The highest BCUT2D eigenvalue weighted by molar-refractivity contribution is 5.71. The van der Waals surface area contributed by atoms with E-state index in [1.165, 1.54) is 244 Å². The van der Waals surface area contributed by atoms with Crippen LogP contribution in [0.4, 0.5) is 0 Å². The third-order valence-electron chi connectivity index (χ3n) is 15.8. The predicted octanol–water partition coefficient (Wildman–Crippen LogP) is 24.3. The van der Waals surface area contributed by atoms with E-state index in [-0.39, 0.29) is 31.1 Å². The van der Waals surface area contributed by atoms with Crippen molar-refractivity contribution >= 4 is 17.9 Å². The number of rotatable bonds is 65. The van der Waals surface area contributed by atoms with Crippen LogP contribution in [0.2, 0.25) is 0 Å². The Bertz CT molecular complexity index is 1430. The Kier molecular flexibility index (Phi) is 66.1. The van der Waals surface area contributed by atoms with Crippen LogP contribution in [0.3, 0.4) is 0 Å². The van der Waals surface area contributed by atoms with E-state index >= 15 is 0 Å². The molecule has 0 saturated heterocycles. The summed E-state index contributed by atoms with van der Waals surface area (Å²) in [7, 11) is 0. The molecule has 6 heteroatoms. The molecule has 0 rings (SSSR count). The van der Waals surface area contributed by atoms with Gasteiger partial charge in [-0.25, -0.2) is 0 Å². The molecule has 0 radical (unpaired) electrons. The van der Waals surface area contributed by atoms with Gasteiger partial charge in [-0.1, -0.05) is 332 Å². The smallest absolute Gasteiger partial charge is 0.306 e. The van der Waals surface area contributed by atoms with Crippen LogP contribution in [-0.4, -0.2) is 37.2 Å². The largest absolute Gasteiger partial charge is 0.462 e. The summed E-state index contributed by atoms with van der Waals surface area (Å²) in [5.74, 6) is -0.854. The van der Waals surface area contributed by atoms with Crippen molar-refractivity contribution in [3.63, 3.8) is 0 Å². The van der Waals surface area contributed by atoms with E-state index in [2.05, 4.69) is 81.5 Å². The molecule has 0 bridgehead atoms. The van der Waals surface area contributed by atoms with Gasteiger partial charge in [0.15, 0.2) is 6.10 Å². The first-order chi connectivity index (χ1) is 39.5. The van der Waals surface area contributed by atoms with E-state index in [1.54, 1.807) is 0 Å². The number of carbonyl (C=O) groups excluding carboxylic acids is 3. The molecule has 0 aliphatic carbocycles. The van der Waals surface area contributed by atoms with Crippen LogP contribution < -0.4 is 0 Å². The SMILES string of the molecule is CC/C=C\C/C=C\C/C=C\C/C=C\CCCCCCCCCCCCCCCCCCCCC(=O)OCC(COC(=O)CCCCCCC/C=C\CCCCC)OC(=O)CCCCCCCCCCCCCCCCCCCCC. The fraction of sp³-hybridized carbons (Fsp3) is 0.824. The Labute approximate surface area is 498 Å². The highest BCUT2D eigenvalue weighted by Crippen LogP contribution is 2.18. The predicted molar refractivity (Wildman–Crippen MR) is 348 cm³/mol. The lowest BCUT2D eigenvalue weighted by atomic mass is 10.0. The van der Waals surface area contributed by atoms with Gasteiger partial charge in [-0.15, -0.1) is 0 Å². The van der Waals surface area contributed by atoms with Gasteiger partial charge in [0.05, 0.1) is 0 Å². The highest BCUT2D eigenvalue weighted by atomic mass is 16.6. The maximum Gasteiger partial charge on any atom is 0.306 e.